The van der Waals surface area contributed by atoms with Crippen molar-refractivity contribution < 1.29 is 19.4 Å². The molecule has 2 fully saturated rings. The molecule has 1 aliphatic carbocycles. The molecule has 1 aromatic heterocycles. The number of amides is 1. The van der Waals surface area contributed by atoms with Crippen molar-refractivity contribution >= 4 is 6.09 Å². The zero-order valence-electron chi connectivity index (χ0n) is 20.8. The van der Waals surface area contributed by atoms with Gasteiger partial charge in [-0.25, -0.2) is 9.78 Å². The summed E-state index contributed by atoms with van der Waals surface area (Å²) in [5, 5.41) is 11.8. The van der Waals surface area contributed by atoms with Gasteiger partial charge in [-0.2, -0.15) is 0 Å². The molecule has 36 heavy (non-hydrogen) atoms. The lowest BCUT2D eigenvalue weighted by molar-refractivity contribution is -0.0895. The number of aromatic nitrogens is 1. The molecule has 6 rings (SSSR count). The van der Waals surface area contributed by atoms with Gasteiger partial charge in [0.05, 0.1) is 12.7 Å². The van der Waals surface area contributed by atoms with Crippen LogP contribution in [-0.2, 0) is 10.3 Å². The maximum Gasteiger partial charge on any atom is 0.410 e. The highest BCUT2D eigenvalue weighted by molar-refractivity contribution is 5.79. The summed E-state index contributed by atoms with van der Waals surface area (Å²) in [5.41, 5.74) is 5.63. The molecular weight excluding hydrogens is 452 g/mol. The van der Waals surface area contributed by atoms with Crippen LogP contribution in [0, 0.1) is 6.92 Å². The minimum Gasteiger partial charge on any atom is -0.481 e. The van der Waals surface area contributed by atoms with E-state index in [2.05, 4.69) is 41.4 Å². The Bertz CT molecular complexity index is 1250. The van der Waals surface area contributed by atoms with Gasteiger partial charge >= 0.3 is 6.09 Å². The van der Waals surface area contributed by atoms with Crippen molar-refractivity contribution in [2.24, 2.45) is 0 Å². The third-order valence-corrected chi connectivity index (χ3v) is 8.35. The third-order valence-electron chi connectivity index (χ3n) is 8.35. The molecule has 0 spiro atoms. The maximum absolute atomic E-state index is 13.5. The minimum absolute atomic E-state index is 0.0379. The zero-order valence-corrected chi connectivity index (χ0v) is 20.8. The van der Waals surface area contributed by atoms with Crippen molar-refractivity contribution in [1.82, 2.24) is 9.88 Å². The molecule has 1 N–H and O–H groups in total. The van der Waals surface area contributed by atoms with E-state index in [-0.39, 0.29) is 24.1 Å². The molecule has 2 atom stereocenters. The largest absolute Gasteiger partial charge is 0.481 e. The molecule has 0 saturated carbocycles. The van der Waals surface area contributed by atoms with Crippen LogP contribution in [0.1, 0.15) is 60.3 Å². The molecule has 6 nitrogen and oxygen atoms in total. The van der Waals surface area contributed by atoms with Crippen LogP contribution >= 0.6 is 0 Å². The number of piperidine rings is 2. The summed E-state index contributed by atoms with van der Waals surface area (Å²) in [7, 11) is 1.59. The van der Waals surface area contributed by atoms with Gasteiger partial charge in [-0.05, 0) is 54.0 Å². The van der Waals surface area contributed by atoms with Gasteiger partial charge in [-0.1, -0.05) is 48.5 Å². The minimum atomic E-state index is -1.01. The number of hydrogen-bond acceptors (Lipinski definition) is 5. The lowest BCUT2D eigenvalue weighted by Gasteiger charge is -2.51. The molecule has 2 saturated heterocycles. The maximum atomic E-state index is 13.5. The van der Waals surface area contributed by atoms with Crippen molar-refractivity contribution in [2.45, 2.75) is 62.6 Å². The van der Waals surface area contributed by atoms with E-state index in [4.69, 9.17) is 9.47 Å². The van der Waals surface area contributed by atoms with Gasteiger partial charge in [0.25, 0.3) is 0 Å². The Hall–Kier alpha value is -3.38. The van der Waals surface area contributed by atoms with Crippen molar-refractivity contribution in [3.05, 3.63) is 83.0 Å². The summed E-state index contributed by atoms with van der Waals surface area (Å²) in [6.45, 7) is 2.29. The Morgan fingerprint density at radius 1 is 1.06 bits per heavy atom. The highest BCUT2D eigenvalue weighted by atomic mass is 16.6. The summed E-state index contributed by atoms with van der Waals surface area (Å²) < 4.78 is 11.3. The molecule has 2 bridgehead atoms. The second kappa shape index (κ2) is 8.93. The molecular formula is C30H32N2O4. The summed E-state index contributed by atoms with van der Waals surface area (Å²) >= 11 is 0. The summed E-state index contributed by atoms with van der Waals surface area (Å²) in [5.74, 6) is 0.576. The van der Waals surface area contributed by atoms with Crippen LogP contribution in [0.3, 0.4) is 0 Å². The van der Waals surface area contributed by atoms with Gasteiger partial charge in [0, 0.05) is 48.7 Å². The monoisotopic (exact) mass is 484 g/mol. The molecule has 2 aromatic carbocycles. The molecule has 3 aromatic rings. The lowest BCUT2D eigenvalue weighted by atomic mass is 9.72. The smallest absolute Gasteiger partial charge is 0.410 e. The number of fused-ring (bicyclic) bond motifs is 5. The first-order valence-electron chi connectivity index (χ1n) is 12.9. The average molecular weight is 485 g/mol. The van der Waals surface area contributed by atoms with Crippen LogP contribution in [0.4, 0.5) is 4.79 Å². The first kappa shape index (κ1) is 23.0. The van der Waals surface area contributed by atoms with E-state index < -0.39 is 5.60 Å². The Morgan fingerprint density at radius 3 is 2.25 bits per heavy atom. The van der Waals surface area contributed by atoms with Gasteiger partial charge < -0.3 is 19.5 Å². The fraction of sp³-hybridized carbons (Fsp3) is 0.400. The van der Waals surface area contributed by atoms with E-state index in [9.17, 15) is 9.90 Å². The fourth-order valence-electron chi connectivity index (χ4n) is 6.74. The lowest BCUT2D eigenvalue weighted by Crippen LogP contribution is -2.59. The van der Waals surface area contributed by atoms with Crippen molar-refractivity contribution in [3.63, 3.8) is 0 Å². The predicted molar refractivity (Wildman–Crippen MR) is 137 cm³/mol. The van der Waals surface area contributed by atoms with Gasteiger partial charge in [0.15, 0.2) is 0 Å². The topological polar surface area (TPSA) is 71.9 Å². The second-order valence-corrected chi connectivity index (χ2v) is 10.4. The van der Waals surface area contributed by atoms with E-state index >= 15 is 0 Å². The van der Waals surface area contributed by atoms with E-state index in [1.165, 1.54) is 22.3 Å². The van der Waals surface area contributed by atoms with Crippen LogP contribution in [0.15, 0.2) is 60.8 Å². The number of pyridine rings is 1. The van der Waals surface area contributed by atoms with E-state index in [0.717, 1.165) is 30.4 Å². The molecule has 3 aliphatic rings. The zero-order chi connectivity index (χ0) is 24.9. The number of carbonyl (C=O) groups is 1. The molecule has 0 radical (unpaired) electrons. The quantitative estimate of drug-likeness (QED) is 0.526. The van der Waals surface area contributed by atoms with E-state index in [1.54, 1.807) is 13.3 Å². The highest BCUT2D eigenvalue weighted by Crippen LogP contribution is 2.47. The Kier molecular flexibility index (Phi) is 5.72. The molecule has 186 valence electrons. The average Bonchev–Trinajstić information content (AvgIpc) is 3.20. The van der Waals surface area contributed by atoms with Crippen molar-refractivity contribution in [3.8, 4) is 17.0 Å². The standard InChI is InChI=1S/C30H32N2O4/c1-19-14-28(35-2)31-17-27(19)30(34)15-20-8-7-9-21(16-30)32(20)29(33)36-18-26-24-12-5-3-10-22(24)23-11-4-6-13-25(23)26/h3-6,10-14,17,20-21,26,34H,7-9,15-16,18H2,1-2H3. The van der Waals surface area contributed by atoms with Crippen LogP contribution in [0.2, 0.25) is 0 Å². The summed E-state index contributed by atoms with van der Waals surface area (Å²) in [4.78, 5) is 19.7. The molecule has 1 amide bonds. The normalized spacial score (nSPS) is 24.7. The number of nitrogens with zero attached hydrogens (tertiary/aromatic N) is 2. The second-order valence-electron chi connectivity index (χ2n) is 10.4. The van der Waals surface area contributed by atoms with Gasteiger partial charge in [0.2, 0.25) is 5.88 Å². The number of aryl methyl sites for hydroxylation is 1. The number of rotatable bonds is 4. The first-order valence-corrected chi connectivity index (χ1v) is 12.9. The molecule has 6 heteroatoms. The van der Waals surface area contributed by atoms with Gasteiger partial charge in [-0.15, -0.1) is 0 Å². The molecule has 3 heterocycles. The van der Waals surface area contributed by atoms with Crippen LogP contribution in [-0.4, -0.2) is 46.9 Å². The van der Waals surface area contributed by atoms with Crippen molar-refractivity contribution in [2.75, 3.05) is 13.7 Å². The third kappa shape index (κ3) is 3.75. The SMILES string of the molecule is COc1cc(C)c(C2(O)CC3CCCC(C2)N3C(=O)OCC2c3ccccc3-c3ccccc32)cn1. The number of hydrogen-bond donors (Lipinski definition) is 1. The number of benzene rings is 2. The van der Waals surface area contributed by atoms with Crippen LogP contribution in [0.5, 0.6) is 5.88 Å². The Morgan fingerprint density at radius 2 is 1.67 bits per heavy atom. The van der Waals surface area contributed by atoms with Crippen LogP contribution in [0.25, 0.3) is 11.1 Å². The first-order chi connectivity index (χ1) is 17.5. The molecule has 2 aliphatic heterocycles. The van der Waals surface area contributed by atoms with Gasteiger partial charge in [0.1, 0.15) is 6.61 Å². The number of aliphatic hydroxyl groups is 1. The number of methoxy groups -OCH3 is 1. The Labute approximate surface area is 211 Å². The Balaban J connectivity index is 1.20. The summed E-state index contributed by atoms with van der Waals surface area (Å²) in [6.07, 6.45) is 5.23. The summed E-state index contributed by atoms with van der Waals surface area (Å²) in [6, 6.07) is 18.5. The highest BCUT2D eigenvalue weighted by Gasteiger charge is 2.49. The molecule has 2 unspecified atom stereocenters. The van der Waals surface area contributed by atoms with Crippen LogP contribution < -0.4 is 4.74 Å². The van der Waals surface area contributed by atoms with E-state index in [1.807, 2.05) is 30.0 Å². The predicted octanol–water partition coefficient (Wildman–Crippen LogP) is 5.55. The van der Waals surface area contributed by atoms with E-state index in [0.29, 0.717) is 25.3 Å². The van der Waals surface area contributed by atoms with Crippen molar-refractivity contribution in [1.29, 1.82) is 0 Å². The van der Waals surface area contributed by atoms with Gasteiger partial charge in [-0.3, -0.25) is 0 Å². The number of ether oxygens (including phenoxy) is 2. The number of carbonyl (C=O) groups excluding carboxylic acids is 1. The fourth-order valence-corrected chi connectivity index (χ4v) is 6.74.